The zero-order valence-electron chi connectivity index (χ0n) is 13.2. The van der Waals surface area contributed by atoms with E-state index in [0.29, 0.717) is 21.8 Å². The third-order valence-electron chi connectivity index (χ3n) is 3.02. The standard InChI is InChI=1S/C17H14ClN3O4/c1-25-17(24)12-4-2-11(3-5-12)10-19-21-16(23)15(22)20-14-8-6-13(18)7-9-14/h2-10H,1H3,(H,20,22)(H,21,23)/b19-10-. The summed E-state index contributed by atoms with van der Waals surface area (Å²) < 4.78 is 4.59. The third kappa shape index (κ3) is 5.43. The molecule has 0 aliphatic rings. The maximum absolute atomic E-state index is 11.7. The van der Waals surface area contributed by atoms with Crippen molar-refractivity contribution in [2.75, 3.05) is 12.4 Å². The zero-order valence-corrected chi connectivity index (χ0v) is 13.9. The molecule has 0 saturated heterocycles. The van der Waals surface area contributed by atoms with Gasteiger partial charge in [-0.05, 0) is 42.0 Å². The summed E-state index contributed by atoms with van der Waals surface area (Å²) >= 11 is 5.74. The normalized spacial score (nSPS) is 10.3. The van der Waals surface area contributed by atoms with E-state index in [4.69, 9.17) is 11.6 Å². The molecule has 0 radical (unpaired) electrons. The summed E-state index contributed by atoms with van der Waals surface area (Å²) in [6.07, 6.45) is 1.34. The second-order valence-corrected chi connectivity index (χ2v) is 5.21. The quantitative estimate of drug-likeness (QED) is 0.378. The van der Waals surface area contributed by atoms with Crippen molar-refractivity contribution >= 4 is 41.3 Å². The summed E-state index contributed by atoms with van der Waals surface area (Å²) in [5, 5.41) is 6.62. The Labute approximate surface area is 148 Å². The van der Waals surface area contributed by atoms with Crippen LogP contribution in [0.5, 0.6) is 0 Å². The van der Waals surface area contributed by atoms with Gasteiger partial charge in [-0.2, -0.15) is 5.10 Å². The average Bonchev–Trinajstić information content (AvgIpc) is 2.63. The van der Waals surface area contributed by atoms with Crippen molar-refractivity contribution in [1.82, 2.24) is 5.43 Å². The Kier molecular flexibility index (Phi) is 6.25. The minimum absolute atomic E-state index is 0.394. The predicted octanol–water partition coefficient (Wildman–Crippen LogP) is 2.22. The van der Waals surface area contributed by atoms with Crippen molar-refractivity contribution < 1.29 is 19.1 Å². The molecule has 0 aliphatic carbocycles. The lowest BCUT2D eigenvalue weighted by molar-refractivity contribution is -0.136. The lowest BCUT2D eigenvalue weighted by Crippen LogP contribution is -2.32. The van der Waals surface area contributed by atoms with Gasteiger partial charge in [-0.15, -0.1) is 0 Å². The first-order valence-electron chi connectivity index (χ1n) is 7.08. The predicted molar refractivity (Wildman–Crippen MR) is 93.6 cm³/mol. The van der Waals surface area contributed by atoms with Crippen LogP contribution in [-0.4, -0.2) is 31.1 Å². The molecule has 2 rings (SSSR count). The zero-order chi connectivity index (χ0) is 18.2. The van der Waals surface area contributed by atoms with Crippen molar-refractivity contribution in [1.29, 1.82) is 0 Å². The second-order valence-electron chi connectivity index (χ2n) is 4.77. The molecule has 0 aliphatic heterocycles. The molecule has 128 valence electrons. The SMILES string of the molecule is COC(=O)c1ccc(/C=N\NC(=O)C(=O)Nc2ccc(Cl)cc2)cc1. The van der Waals surface area contributed by atoms with Crippen LogP contribution in [0.4, 0.5) is 5.69 Å². The van der Waals surface area contributed by atoms with Gasteiger partial charge in [0.05, 0.1) is 18.9 Å². The molecule has 7 nitrogen and oxygen atoms in total. The number of halogens is 1. The van der Waals surface area contributed by atoms with Crippen LogP contribution in [-0.2, 0) is 14.3 Å². The molecular weight excluding hydrogens is 346 g/mol. The molecule has 0 aromatic heterocycles. The number of esters is 1. The Bertz CT molecular complexity index is 802. The Morgan fingerprint density at radius 2 is 1.64 bits per heavy atom. The van der Waals surface area contributed by atoms with E-state index in [1.54, 1.807) is 48.5 Å². The molecule has 0 unspecified atom stereocenters. The van der Waals surface area contributed by atoms with E-state index in [-0.39, 0.29) is 0 Å². The van der Waals surface area contributed by atoms with Crippen molar-refractivity contribution in [3.8, 4) is 0 Å². The number of nitrogens with zero attached hydrogens (tertiary/aromatic N) is 1. The molecule has 2 N–H and O–H groups in total. The lowest BCUT2D eigenvalue weighted by Gasteiger charge is -2.03. The van der Waals surface area contributed by atoms with Gasteiger partial charge < -0.3 is 10.1 Å². The molecule has 2 amide bonds. The Hall–Kier alpha value is -3.19. The van der Waals surface area contributed by atoms with Crippen LogP contribution in [0.25, 0.3) is 0 Å². The van der Waals surface area contributed by atoms with Gasteiger partial charge >= 0.3 is 17.8 Å². The fourth-order valence-electron chi connectivity index (χ4n) is 1.76. The monoisotopic (exact) mass is 359 g/mol. The van der Waals surface area contributed by atoms with Crippen LogP contribution in [0.15, 0.2) is 53.6 Å². The van der Waals surface area contributed by atoms with E-state index in [9.17, 15) is 14.4 Å². The summed E-state index contributed by atoms with van der Waals surface area (Å²) in [4.78, 5) is 34.7. The Morgan fingerprint density at radius 1 is 1.00 bits per heavy atom. The molecular formula is C17H14ClN3O4. The first-order chi connectivity index (χ1) is 12.0. The first-order valence-corrected chi connectivity index (χ1v) is 7.45. The maximum Gasteiger partial charge on any atom is 0.337 e. The molecule has 0 bridgehead atoms. The largest absolute Gasteiger partial charge is 0.465 e. The van der Waals surface area contributed by atoms with Crippen LogP contribution >= 0.6 is 11.6 Å². The van der Waals surface area contributed by atoms with Gasteiger partial charge in [0.25, 0.3) is 0 Å². The van der Waals surface area contributed by atoms with E-state index in [1.807, 2.05) is 0 Å². The number of anilines is 1. The number of hydrogen-bond donors (Lipinski definition) is 2. The van der Waals surface area contributed by atoms with Crippen LogP contribution in [0.1, 0.15) is 15.9 Å². The van der Waals surface area contributed by atoms with E-state index in [2.05, 4.69) is 20.6 Å². The number of carbonyl (C=O) groups excluding carboxylic acids is 3. The molecule has 2 aromatic carbocycles. The number of carbonyl (C=O) groups is 3. The third-order valence-corrected chi connectivity index (χ3v) is 3.27. The number of hydrazone groups is 1. The van der Waals surface area contributed by atoms with Gasteiger partial charge in [-0.1, -0.05) is 23.7 Å². The van der Waals surface area contributed by atoms with Crippen molar-refractivity contribution in [3.63, 3.8) is 0 Å². The van der Waals surface area contributed by atoms with Crippen LogP contribution in [0.2, 0.25) is 5.02 Å². The number of benzene rings is 2. The topological polar surface area (TPSA) is 96.9 Å². The van der Waals surface area contributed by atoms with Crippen molar-refractivity contribution in [3.05, 3.63) is 64.7 Å². The van der Waals surface area contributed by atoms with Gasteiger partial charge in [0.1, 0.15) is 0 Å². The average molecular weight is 360 g/mol. The van der Waals surface area contributed by atoms with E-state index < -0.39 is 17.8 Å². The summed E-state index contributed by atoms with van der Waals surface area (Å²) in [7, 11) is 1.29. The van der Waals surface area contributed by atoms with Crippen LogP contribution in [0.3, 0.4) is 0 Å². The molecule has 0 fully saturated rings. The molecule has 0 saturated carbocycles. The highest BCUT2D eigenvalue weighted by molar-refractivity contribution is 6.39. The molecule has 0 heterocycles. The number of hydrogen-bond acceptors (Lipinski definition) is 5. The minimum Gasteiger partial charge on any atom is -0.465 e. The van der Waals surface area contributed by atoms with Gasteiger partial charge in [0, 0.05) is 10.7 Å². The number of amides is 2. The van der Waals surface area contributed by atoms with Crippen molar-refractivity contribution in [2.45, 2.75) is 0 Å². The summed E-state index contributed by atoms with van der Waals surface area (Å²) in [5.41, 5.74) is 3.57. The first kappa shape index (κ1) is 18.2. The highest BCUT2D eigenvalue weighted by Crippen LogP contribution is 2.13. The number of rotatable bonds is 4. The number of methoxy groups -OCH3 is 1. The number of nitrogens with one attached hydrogen (secondary N) is 2. The van der Waals surface area contributed by atoms with Gasteiger partial charge in [-0.25, -0.2) is 10.2 Å². The van der Waals surface area contributed by atoms with E-state index in [0.717, 1.165) is 0 Å². The smallest absolute Gasteiger partial charge is 0.337 e. The highest BCUT2D eigenvalue weighted by Gasteiger charge is 2.12. The van der Waals surface area contributed by atoms with Crippen LogP contribution in [0, 0.1) is 0 Å². The molecule has 8 heteroatoms. The number of ether oxygens (including phenoxy) is 1. The molecule has 0 spiro atoms. The second kappa shape index (κ2) is 8.60. The fraction of sp³-hybridized carbons (Fsp3) is 0.0588. The summed E-state index contributed by atoms with van der Waals surface area (Å²) in [6, 6.07) is 12.7. The fourth-order valence-corrected chi connectivity index (χ4v) is 1.89. The van der Waals surface area contributed by atoms with Gasteiger partial charge in [-0.3, -0.25) is 9.59 Å². The molecule has 25 heavy (non-hydrogen) atoms. The van der Waals surface area contributed by atoms with E-state index in [1.165, 1.54) is 13.3 Å². The summed E-state index contributed by atoms with van der Waals surface area (Å²) in [6.45, 7) is 0. The van der Waals surface area contributed by atoms with E-state index >= 15 is 0 Å². The van der Waals surface area contributed by atoms with Gasteiger partial charge in [0.2, 0.25) is 0 Å². The maximum atomic E-state index is 11.7. The van der Waals surface area contributed by atoms with Crippen LogP contribution < -0.4 is 10.7 Å². The Morgan fingerprint density at radius 3 is 2.24 bits per heavy atom. The summed E-state index contributed by atoms with van der Waals surface area (Å²) in [5.74, 6) is -2.23. The minimum atomic E-state index is -0.919. The highest BCUT2D eigenvalue weighted by atomic mass is 35.5. The molecule has 2 aromatic rings. The van der Waals surface area contributed by atoms with Crippen molar-refractivity contribution in [2.24, 2.45) is 5.10 Å². The Balaban J connectivity index is 1.88. The lowest BCUT2D eigenvalue weighted by atomic mass is 10.1. The molecule has 0 atom stereocenters. The van der Waals surface area contributed by atoms with Gasteiger partial charge in [0.15, 0.2) is 0 Å².